The summed E-state index contributed by atoms with van der Waals surface area (Å²) >= 11 is 0. The van der Waals surface area contributed by atoms with Gasteiger partial charge in [0.2, 0.25) is 0 Å². The summed E-state index contributed by atoms with van der Waals surface area (Å²) in [7, 11) is 0. The largest absolute Gasteiger partial charge is 0.433 e. The fourth-order valence-corrected chi connectivity index (χ4v) is 3.09. The first-order valence-electron chi connectivity index (χ1n) is 8.59. The van der Waals surface area contributed by atoms with Crippen LogP contribution in [0.15, 0.2) is 54.6 Å². The number of ether oxygens (including phenoxy) is 1. The lowest BCUT2D eigenvalue weighted by atomic mass is 10.2. The maximum atomic E-state index is 12.4. The van der Waals surface area contributed by atoms with Crippen LogP contribution in [0.4, 0.5) is 20.2 Å². The molecule has 0 aliphatic carbocycles. The molecule has 0 unspecified atom stereocenters. The van der Waals surface area contributed by atoms with E-state index in [1.54, 1.807) is 18.2 Å². The standard InChI is InChI=1S/C19H21F2N3O2/c20-19(21)26-17-9-5-4-8-16(17)22-18(25)14-23-10-12-24(13-11-23)15-6-2-1-3-7-15/h1-9,19H,10-14H2,(H,22,25)/p+1. The molecule has 3 rings (SSSR count). The van der Waals surface area contributed by atoms with Crippen LogP contribution in [0.1, 0.15) is 0 Å². The van der Waals surface area contributed by atoms with Crippen molar-refractivity contribution in [1.82, 2.24) is 0 Å². The van der Waals surface area contributed by atoms with Gasteiger partial charge in [-0.3, -0.25) is 4.79 Å². The molecular formula is C19H22F2N3O2+. The lowest BCUT2D eigenvalue weighted by Gasteiger charge is -2.33. The molecule has 1 aliphatic rings. The molecule has 0 saturated carbocycles. The Kier molecular flexibility index (Phi) is 6.01. The number of quaternary nitrogens is 1. The average molecular weight is 362 g/mol. The van der Waals surface area contributed by atoms with Gasteiger partial charge in [-0.25, -0.2) is 0 Å². The van der Waals surface area contributed by atoms with Gasteiger partial charge in [0, 0.05) is 5.69 Å². The molecule has 0 bridgehead atoms. The van der Waals surface area contributed by atoms with Crippen LogP contribution in [0.5, 0.6) is 5.75 Å². The van der Waals surface area contributed by atoms with E-state index < -0.39 is 6.61 Å². The SMILES string of the molecule is O=C(C[NH+]1CCN(c2ccccc2)CC1)Nc1ccccc1OC(F)F. The molecule has 1 amide bonds. The zero-order valence-electron chi connectivity index (χ0n) is 14.3. The number of anilines is 2. The molecule has 138 valence electrons. The molecular weight excluding hydrogens is 340 g/mol. The van der Waals surface area contributed by atoms with Crippen LogP contribution < -0.4 is 19.9 Å². The molecule has 1 aliphatic heterocycles. The molecule has 1 heterocycles. The molecule has 2 aromatic carbocycles. The van der Waals surface area contributed by atoms with Crippen molar-refractivity contribution in [2.75, 3.05) is 42.9 Å². The summed E-state index contributed by atoms with van der Waals surface area (Å²) in [6, 6.07) is 16.4. The van der Waals surface area contributed by atoms with E-state index in [2.05, 4.69) is 27.1 Å². The Balaban J connectivity index is 1.51. The quantitative estimate of drug-likeness (QED) is 0.821. The van der Waals surface area contributed by atoms with Crippen LogP contribution in [0.25, 0.3) is 0 Å². The predicted octanol–water partition coefficient (Wildman–Crippen LogP) is 1.63. The number of nitrogens with zero attached hydrogens (tertiary/aromatic N) is 1. The third-order valence-corrected chi connectivity index (χ3v) is 4.38. The van der Waals surface area contributed by atoms with Gasteiger partial charge in [-0.15, -0.1) is 0 Å². The van der Waals surface area contributed by atoms with E-state index in [1.165, 1.54) is 16.7 Å². The summed E-state index contributed by atoms with van der Waals surface area (Å²) < 4.78 is 29.3. The van der Waals surface area contributed by atoms with Gasteiger partial charge in [-0.1, -0.05) is 30.3 Å². The Morgan fingerprint density at radius 3 is 2.42 bits per heavy atom. The van der Waals surface area contributed by atoms with Crippen molar-refractivity contribution in [1.29, 1.82) is 0 Å². The van der Waals surface area contributed by atoms with Gasteiger partial charge in [0.25, 0.3) is 5.91 Å². The van der Waals surface area contributed by atoms with E-state index in [0.717, 1.165) is 26.2 Å². The number of piperazine rings is 1. The minimum Gasteiger partial charge on any atom is -0.433 e. The Hall–Kier alpha value is -2.67. The first-order chi connectivity index (χ1) is 12.6. The Morgan fingerprint density at radius 2 is 1.73 bits per heavy atom. The number of amides is 1. The van der Waals surface area contributed by atoms with Gasteiger partial charge in [0.15, 0.2) is 6.54 Å². The van der Waals surface area contributed by atoms with Gasteiger partial charge in [-0.2, -0.15) is 8.78 Å². The molecule has 2 aromatic rings. The second-order valence-electron chi connectivity index (χ2n) is 6.17. The van der Waals surface area contributed by atoms with Gasteiger partial charge < -0.3 is 19.9 Å². The van der Waals surface area contributed by atoms with Crippen molar-refractivity contribution in [2.24, 2.45) is 0 Å². The number of nitrogens with one attached hydrogen (secondary N) is 2. The van der Waals surface area contributed by atoms with Crippen LogP contribution >= 0.6 is 0 Å². The van der Waals surface area contributed by atoms with Gasteiger partial charge in [-0.05, 0) is 24.3 Å². The number of carbonyl (C=O) groups excluding carboxylic acids is 1. The summed E-state index contributed by atoms with van der Waals surface area (Å²) in [6.45, 7) is 0.806. The highest BCUT2D eigenvalue weighted by Crippen LogP contribution is 2.25. The normalized spacial score (nSPS) is 15.1. The fraction of sp³-hybridized carbons (Fsp3) is 0.316. The minimum absolute atomic E-state index is 0.0280. The first kappa shape index (κ1) is 18.1. The van der Waals surface area contributed by atoms with Crippen LogP contribution in [0.3, 0.4) is 0 Å². The van der Waals surface area contributed by atoms with Crippen LogP contribution in [0, 0.1) is 0 Å². The van der Waals surface area contributed by atoms with Crippen molar-refractivity contribution >= 4 is 17.3 Å². The van der Waals surface area contributed by atoms with E-state index in [-0.39, 0.29) is 17.3 Å². The third kappa shape index (κ3) is 4.92. The van der Waals surface area contributed by atoms with Crippen molar-refractivity contribution in [3.63, 3.8) is 0 Å². The molecule has 0 spiro atoms. The third-order valence-electron chi connectivity index (χ3n) is 4.38. The Labute approximate surface area is 151 Å². The molecule has 1 fully saturated rings. The second-order valence-corrected chi connectivity index (χ2v) is 6.17. The van der Waals surface area contributed by atoms with Crippen LogP contribution in [-0.4, -0.2) is 45.2 Å². The number of hydrogen-bond acceptors (Lipinski definition) is 3. The highest BCUT2D eigenvalue weighted by molar-refractivity contribution is 5.92. The Bertz CT molecular complexity index is 720. The maximum absolute atomic E-state index is 12.4. The number of halogens is 2. The zero-order chi connectivity index (χ0) is 18.4. The lowest BCUT2D eigenvalue weighted by molar-refractivity contribution is -0.892. The number of hydrogen-bond donors (Lipinski definition) is 2. The zero-order valence-corrected chi connectivity index (χ0v) is 14.3. The van der Waals surface area contributed by atoms with Crippen LogP contribution in [-0.2, 0) is 4.79 Å². The monoisotopic (exact) mass is 362 g/mol. The first-order valence-corrected chi connectivity index (χ1v) is 8.59. The molecule has 2 N–H and O–H groups in total. The molecule has 26 heavy (non-hydrogen) atoms. The average Bonchev–Trinajstić information content (AvgIpc) is 2.64. The van der Waals surface area contributed by atoms with Crippen molar-refractivity contribution in [3.05, 3.63) is 54.6 Å². The van der Waals surface area contributed by atoms with E-state index in [4.69, 9.17) is 0 Å². The summed E-state index contributed by atoms with van der Waals surface area (Å²) in [5.74, 6) is -0.238. The number of carbonyl (C=O) groups is 1. The number of para-hydroxylation sites is 3. The lowest BCUT2D eigenvalue weighted by Crippen LogP contribution is -3.15. The molecule has 0 radical (unpaired) electrons. The van der Waals surface area contributed by atoms with Crippen LogP contribution in [0.2, 0.25) is 0 Å². The van der Waals surface area contributed by atoms with E-state index in [0.29, 0.717) is 6.54 Å². The molecule has 5 nitrogen and oxygen atoms in total. The summed E-state index contributed by atoms with van der Waals surface area (Å²) in [6.07, 6.45) is 0. The molecule has 0 atom stereocenters. The minimum atomic E-state index is -2.93. The topological polar surface area (TPSA) is 46.0 Å². The number of rotatable bonds is 6. The summed E-state index contributed by atoms with van der Waals surface area (Å²) in [4.78, 5) is 15.7. The highest BCUT2D eigenvalue weighted by Gasteiger charge is 2.23. The Morgan fingerprint density at radius 1 is 1.08 bits per heavy atom. The van der Waals surface area contributed by atoms with E-state index in [1.807, 2.05) is 18.2 Å². The van der Waals surface area contributed by atoms with E-state index in [9.17, 15) is 13.6 Å². The number of benzene rings is 2. The van der Waals surface area contributed by atoms with Gasteiger partial charge in [0.05, 0.1) is 31.9 Å². The number of alkyl halides is 2. The van der Waals surface area contributed by atoms with Crippen molar-refractivity contribution in [2.45, 2.75) is 6.61 Å². The summed E-state index contributed by atoms with van der Waals surface area (Å²) in [5, 5.41) is 2.67. The van der Waals surface area contributed by atoms with Crippen molar-refractivity contribution < 1.29 is 23.2 Å². The van der Waals surface area contributed by atoms with Gasteiger partial charge >= 0.3 is 6.61 Å². The molecule has 0 aromatic heterocycles. The van der Waals surface area contributed by atoms with Gasteiger partial charge in [0.1, 0.15) is 5.75 Å². The maximum Gasteiger partial charge on any atom is 0.387 e. The van der Waals surface area contributed by atoms with Crippen molar-refractivity contribution in [3.8, 4) is 5.75 Å². The predicted molar refractivity (Wildman–Crippen MR) is 95.9 cm³/mol. The smallest absolute Gasteiger partial charge is 0.387 e. The molecule has 1 saturated heterocycles. The summed E-state index contributed by atoms with van der Waals surface area (Å²) in [5.41, 5.74) is 1.45. The highest BCUT2D eigenvalue weighted by atomic mass is 19.3. The second kappa shape index (κ2) is 8.62. The van der Waals surface area contributed by atoms with E-state index >= 15 is 0 Å². The molecule has 7 heteroatoms. The fourth-order valence-electron chi connectivity index (χ4n) is 3.09.